The lowest BCUT2D eigenvalue weighted by Gasteiger charge is -2.41. The van der Waals surface area contributed by atoms with E-state index < -0.39 is 76.4 Å². The number of fused-ring (bicyclic) bond motifs is 7. The normalized spacial score (nSPS) is 21.7. The van der Waals surface area contributed by atoms with Gasteiger partial charge in [-0.3, -0.25) is 24.1 Å². The summed E-state index contributed by atoms with van der Waals surface area (Å²) in [5.41, 5.74) is 5.43. The van der Waals surface area contributed by atoms with Crippen LogP contribution in [0.15, 0.2) is 47.3 Å². The monoisotopic (exact) mass is 937 g/mol. The first-order valence-corrected chi connectivity index (χ1v) is 22.4. The number of Topliss-reactive ketones (excluding diaryl/α,β-unsaturated/α-hetero) is 1. The molecule has 1 saturated carbocycles. The number of nitrogens with zero attached hydrogens (tertiary/aromatic N) is 5. The van der Waals surface area contributed by atoms with E-state index in [1.54, 1.807) is 36.6 Å². The zero-order valence-corrected chi connectivity index (χ0v) is 37.3. The number of aryl methyl sites for hydroxylation is 1. The number of hydrogen-bond donors (Lipinski definition) is 3. The summed E-state index contributed by atoms with van der Waals surface area (Å²) < 4.78 is 62.3. The number of cyclic esters (lactones) is 1. The van der Waals surface area contributed by atoms with Crippen LogP contribution in [0.3, 0.4) is 0 Å². The van der Waals surface area contributed by atoms with Crippen molar-refractivity contribution in [2.45, 2.75) is 109 Å². The molecule has 2 aliphatic carbocycles. The van der Waals surface area contributed by atoms with Gasteiger partial charge < -0.3 is 34.9 Å². The molecule has 5 aliphatic rings. The minimum Gasteiger partial charge on any atom is -0.508 e. The summed E-state index contributed by atoms with van der Waals surface area (Å²) in [7, 11) is 0. The van der Waals surface area contributed by atoms with Gasteiger partial charge in [0.15, 0.2) is 11.5 Å². The predicted molar refractivity (Wildman–Crippen MR) is 235 cm³/mol. The van der Waals surface area contributed by atoms with Gasteiger partial charge in [-0.2, -0.15) is 18.3 Å². The third-order valence-corrected chi connectivity index (χ3v) is 13.8. The molecule has 1 atom stereocenters. The first-order valence-electron chi connectivity index (χ1n) is 22.4. The maximum atomic E-state index is 14.2. The number of hydrogen-bond acceptors (Lipinski definition) is 13. The van der Waals surface area contributed by atoms with E-state index in [1.165, 1.54) is 24.3 Å². The molecular weight excluding hydrogens is 892 g/mol. The number of amides is 2. The number of benzene rings is 2. The lowest BCUT2D eigenvalue weighted by atomic mass is 9.75. The Kier molecular flexibility index (Phi) is 10.4. The molecule has 0 bridgehead atoms. The van der Waals surface area contributed by atoms with Gasteiger partial charge in [-0.15, -0.1) is 0 Å². The number of ether oxygens (including phenoxy) is 3. The molecular formula is C48H46F3N7O10. The Morgan fingerprint density at radius 3 is 2.49 bits per heavy atom. The number of pyridine rings is 2. The number of ketones is 1. The maximum Gasteiger partial charge on any atom is 0.435 e. The standard InChI is InChI=1S/C48H46F3N7O10/c1-4-27-29-16-25(59)8-12-33(29)54-40-30(27)20-57-35(40)17-32-31(43(57)63)22-66-44(64)47(32)13-14-56(45(65)68-47)21-38(61)67-26-9-5-23(6-10-26)53-34-15-24(7-11-28(34)42(52)62)58-36-18-46(2,3)19-37(60)39(36)41(55-58)48(49,50)51/h7-8,11-12,15-17,23,26,53,59H,4-6,9-10,13-14,18-22H2,1-3H3,(H2,52,62)/t23-,26-,47-/m0/s1. The number of halogens is 3. The number of carbonyl (C=O) groups excluding carboxylic acids is 5. The topological polar surface area (TPSA) is 227 Å². The highest BCUT2D eigenvalue weighted by atomic mass is 19.4. The van der Waals surface area contributed by atoms with Crippen molar-refractivity contribution in [2.75, 3.05) is 18.4 Å². The molecule has 17 nitrogen and oxygen atoms in total. The summed E-state index contributed by atoms with van der Waals surface area (Å²) in [6, 6.07) is 10.6. The van der Waals surface area contributed by atoms with Crippen molar-refractivity contribution in [2.24, 2.45) is 11.1 Å². The molecule has 2 fully saturated rings. The van der Waals surface area contributed by atoms with E-state index in [1.807, 2.05) is 6.92 Å². The van der Waals surface area contributed by atoms with Crippen molar-refractivity contribution in [1.29, 1.82) is 0 Å². The summed E-state index contributed by atoms with van der Waals surface area (Å²) in [6.45, 7) is 4.88. The van der Waals surface area contributed by atoms with Crippen molar-refractivity contribution >= 4 is 46.3 Å². The second-order valence-electron chi connectivity index (χ2n) is 19.0. The molecule has 0 unspecified atom stereocenters. The number of rotatable bonds is 8. The number of anilines is 1. The minimum atomic E-state index is -4.87. The van der Waals surface area contributed by atoms with Gasteiger partial charge in [-0.05, 0) is 92.0 Å². The highest BCUT2D eigenvalue weighted by molar-refractivity contribution is 6.01. The third-order valence-electron chi connectivity index (χ3n) is 13.8. The van der Waals surface area contributed by atoms with Crippen LogP contribution in [-0.2, 0) is 61.6 Å². The molecule has 2 amide bonds. The van der Waals surface area contributed by atoms with Gasteiger partial charge in [-0.1, -0.05) is 20.8 Å². The molecule has 3 aliphatic heterocycles. The maximum absolute atomic E-state index is 14.2. The lowest BCUT2D eigenvalue weighted by Crippen LogP contribution is -2.56. The molecule has 2 aromatic carbocycles. The van der Waals surface area contributed by atoms with Gasteiger partial charge >= 0.3 is 24.2 Å². The largest absolute Gasteiger partial charge is 0.508 e. The molecule has 4 N–H and O–H groups in total. The summed E-state index contributed by atoms with van der Waals surface area (Å²) in [5.74, 6) is -2.87. The highest BCUT2D eigenvalue weighted by Crippen LogP contribution is 2.45. The molecule has 10 rings (SSSR count). The van der Waals surface area contributed by atoms with Crippen molar-refractivity contribution < 1.29 is 56.5 Å². The summed E-state index contributed by atoms with van der Waals surface area (Å²) in [4.78, 5) is 86.1. The number of carbonyl (C=O) groups is 5. The molecule has 1 saturated heterocycles. The number of primary amides is 1. The van der Waals surface area contributed by atoms with Gasteiger partial charge in [0, 0.05) is 47.6 Å². The van der Waals surface area contributed by atoms with Gasteiger partial charge in [-0.25, -0.2) is 19.3 Å². The highest BCUT2D eigenvalue weighted by Gasteiger charge is 2.55. The molecule has 20 heteroatoms. The van der Waals surface area contributed by atoms with Crippen molar-refractivity contribution in [3.05, 3.63) is 97.6 Å². The number of aromatic hydroxyl groups is 1. The van der Waals surface area contributed by atoms with Crippen LogP contribution in [0, 0.1) is 5.41 Å². The molecule has 0 radical (unpaired) electrons. The van der Waals surface area contributed by atoms with Crippen LogP contribution in [0.1, 0.15) is 114 Å². The zero-order valence-electron chi connectivity index (χ0n) is 37.3. The van der Waals surface area contributed by atoms with Crippen molar-refractivity contribution in [3.8, 4) is 22.8 Å². The summed E-state index contributed by atoms with van der Waals surface area (Å²) >= 11 is 0. The van der Waals surface area contributed by atoms with E-state index >= 15 is 0 Å². The Labute approximate surface area is 385 Å². The van der Waals surface area contributed by atoms with Crippen LogP contribution >= 0.6 is 0 Å². The fourth-order valence-electron chi connectivity index (χ4n) is 10.6. The van der Waals surface area contributed by atoms with Crippen LogP contribution in [0.2, 0.25) is 0 Å². The molecule has 5 aromatic rings. The van der Waals surface area contributed by atoms with E-state index in [-0.39, 0.29) is 84.5 Å². The first kappa shape index (κ1) is 44.6. The zero-order chi connectivity index (χ0) is 48.2. The molecule has 6 heterocycles. The summed E-state index contributed by atoms with van der Waals surface area (Å²) in [5, 5.41) is 18.1. The molecule has 68 heavy (non-hydrogen) atoms. The van der Waals surface area contributed by atoms with Crippen LogP contribution in [0.4, 0.5) is 23.7 Å². The number of aromatic nitrogens is 4. The van der Waals surface area contributed by atoms with Gasteiger partial charge in [0.1, 0.15) is 25.0 Å². The number of nitrogens with one attached hydrogen (secondary N) is 1. The van der Waals surface area contributed by atoms with E-state index in [9.17, 15) is 47.0 Å². The fraction of sp³-hybridized carbons (Fsp3) is 0.417. The van der Waals surface area contributed by atoms with Crippen LogP contribution in [0.25, 0.3) is 28.0 Å². The predicted octanol–water partition coefficient (Wildman–Crippen LogP) is 6.21. The summed E-state index contributed by atoms with van der Waals surface area (Å²) in [6.07, 6.45) is -4.11. The van der Waals surface area contributed by atoms with E-state index in [2.05, 4.69) is 10.4 Å². The van der Waals surface area contributed by atoms with Crippen LogP contribution < -0.4 is 16.6 Å². The number of nitrogens with two attached hydrogens (primary N) is 1. The minimum absolute atomic E-state index is 0.0624. The van der Waals surface area contributed by atoms with Crippen molar-refractivity contribution in [1.82, 2.24) is 24.2 Å². The number of phenolic OH excluding ortho intramolecular Hbond substituents is 1. The first-order chi connectivity index (χ1) is 32.2. The second kappa shape index (κ2) is 15.9. The van der Waals surface area contributed by atoms with E-state index in [0.717, 1.165) is 26.1 Å². The fourth-order valence-corrected chi connectivity index (χ4v) is 10.6. The molecule has 354 valence electrons. The SMILES string of the molecule is CCc1c2c(nc3ccc(O)cc13)-c1cc3c(c(=O)n1C2)COC(=O)[C@]31CCN(CC(=O)O[C@H]2CC[C@H](Nc3cc(-n4nc(C(F)(F)F)c5c4CC(C)(C)CC5=O)ccc3C(N)=O)CC2)C(=O)O1. The second-order valence-corrected chi connectivity index (χ2v) is 19.0. The van der Waals surface area contributed by atoms with Gasteiger partial charge in [0.2, 0.25) is 5.60 Å². The number of phenols is 1. The third kappa shape index (κ3) is 7.40. The Morgan fingerprint density at radius 1 is 1.01 bits per heavy atom. The van der Waals surface area contributed by atoms with E-state index in [4.69, 9.17) is 24.9 Å². The average molecular weight is 938 g/mol. The quantitative estimate of drug-likeness (QED) is 0.114. The smallest absolute Gasteiger partial charge is 0.435 e. The average Bonchev–Trinajstić information content (AvgIpc) is 3.85. The van der Waals surface area contributed by atoms with Crippen LogP contribution in [0.5, 0.6) is 5.75 Å². The van der Waals surface area contributed by atoms with Gasteiger partial charge in [0.05, 0.1) is 51.5 Å². The molecule has 3 aromatic heterocycles. The van der Waals surface area contributed by atoms with Gasteiger partial charge in [0.25, 0.3) is 11.5 Å². The Morgan fingerprint density at radius 2 is 1.78 bits per heavy atom. The number of alkyl halides is 3. The Balaban J connectivity index is 0.805. The lowest BCUT2D eigenvalue weighted by molar-refractivity contribution is -0.179. The molecule has 1 spiro atoms. The van der Waals surface area contributed by atoms with Crippen LogP contribution in [-0.4, -0.2) is 84.3 Å². The number of esters is 2. The van der Waals surface area contributed by atoms with Crippen molar-refractivity contribution in [3.63, 3.8) is 0 Å². The Hall–Kier alpha value is -7.25. The van der Waals surface area contributed by atoms with E-state index in [0.29, 0.717) is 49.0 Å². The Bertz CT molecular complexity index is 3100.